The van der Waals surface area contributed by atoms with Crippen LogP contribution in [0.4, 0.5) is 5.69 Å². The molecule has 1 saturated heterocycles. The van der Waals surface area contributed by atoms with Gasteiger partial charge in [0, 0.05) is 42.8 Å². The van der Waals surface area contributed by atoms with Gasteiger partial charge in [-0.05, 0) is 56.0 Å². The maximum atomic E-state index is 13.8. The Kier molecular flexibility index (Phi) is 8.18. The summed E-state index contributed by atoms with van der Waals surface area (Å²) in [5, 5.41) is 13.8. The number of methoxy groups -OCH3 is 1. The number of rotatable bonds is 8. The fourth-order valence-electron chi connectivity index (χ4n) is 5.84. The predicted octanol–water partition coefficient (Wildman–Crippen LogP) is 2.11. The zero-order valence-electron chi connectivity index (χ0n) is 23.2. The first-order chi connectivity index (χ1) is 19.8. The summed E-state index contributed by atoms with van der Waals surface area (Å²) < 4.78 is 6.70. The van der Waals surface area contributed by atoms with E-state index in [4.69, 9.17) is 15.9 Å². The van der Waals surface area contributed by atoms with Crippen molar-refractivity contribution in [3.63, 3.8) is 0 Å². The normalized spacial score (nSPS) is 17.1. The number of fused-ring (bicyclic) bond motifs is 1. The molecular weight excluding hydrogens is 524 g/mol. The van der Waals surface area contributed by atoms with Gasteiger partial charge in [-0.15, -0.1) is 0 Å². The van der Waals surface area contributed by atoms with E-state index in [2.05, 4.69) is 25.5 Å². The summed E-state index contributed by atoms with van der Waals surface area (Å²) in [5.41, 5.74) is 6.84. The van der Waals surface area contributed by atoms with Crippen molar-refractivity contribution in [2.24, 2.45) is 5.73 Å². The van der Waals surface area contributed by atoms with Crippen LogP contribution in [-0.2, 0) is 20.9 Å². The van der Waals surface area contributed by atoms with Crippen LogP contribution < -0.4 is 21.3 Å². The molecule has 1 saturated carbocycles. The number of piperidine rings is 1. The molecular formula is C29H36N8O4. The molecule has 2 amide bonds. The van der Waals surface area contributed by atoms with Crippen LogP contribution in [0, 0.1) is 5.41 Å². The number of nitrogens with one attached hydrogen (secondary N) is 3. The number of carbonyl (C=O) groups excluding carboxylic acids is 3. The molecule has 216 valence electrons. The molecule has 0 spiro atoms. The Balaban J connectivity index is 1.42. The third kappa shape index (κ3) is 6.01. The topological polar surface area (TPSA) is 168 Å². The number of carbonyl (C=O) groups is 3. The molecule has 3 heterocycles. The number of hydrogen-bond donors (Lipinski definition) is 4. The van der Waals surface area contributed by atoms with Crippen molar-refractivity contribution >= 4 is 40.3 Å². The Hall–Kier alpha value is -4.48. The van der Waals surface area contributed by atoms with Crippen molar-refractivity contribution in [2.75, 3.05) is 25.1 Å². The highest BCUT2D eigenvalue weighted by molar-refractivity contribution is 6.01. The van der Waals surface area contributed by atoms with Crippen LogP contribution in [0.15, 0.2) is 42.7 Å². The highest BCUT2D eigenvalue weighted by Gasteiger charge is 2.44. The fourth-order valence-corrected chi connectivity index (χ4v) is 5.84. The lowest BCUT2D eigenvalue weighted by Crippen LogP contribution is -2.60. The van der Waals surface area contributed by atoms with Crippen LogP contribution in [0.5, 0.6) is 0 Å². The van der Waals surface area contributed by atoms with Crippen LogP contribution in [-0.4, -0.2) is 69.9 Å². The van der Waals surface area contributed by atoms with Crippen molar-refractivity contribution in [1.29, 1.82) is 5.41 Å². The molecule has 0 unspecified atom stereocenters. The standard InChI is InChI=1S/C29H36N8O4/c1-41-28(40)29(11-15-36(16-12-29)21-9-13-32-14-10-21)35-27(39)26-34-22-17-19(25(30)31)7-8-23(22)37(26)18-24(38)33-20-5-3-2-4-6-20/h7-10,13-14,17,20H,2-6,11-12,15-16,18H2,1H3,(H3,30,31)(H,33,38)(H,35,39). The number of amidine groups is 1. The molecule has 5 N–H and O–H groups in total. The van der Waals surface area contributed by atoms with E-state index in [9.17, 15) is 14.4 Å². The second-order valence-corrected chi connectivity index (χ2v) is 10.8. The SMILES string of the molecule is COC(=O)C1(NC(=O)c2nc3cc(C(=N)N)ccc3n2CC(=O)NC2CCCCC2)CCN(c2ccncc2)CC1. The summed E-state index contributed by atoms with van der Waals surface area (Å²) in [7, 11) is 1.31. The summed E-state index contributed by atoms with van der Waals surface area (Å²) in [4.78, 5) is 50.8. The lowest BCUT2D eigenvalue weighted by molar-refractivity contribution is -0.149. The van der Waals surface area contributed by atoms with Gasteiger partial charge < -0.3 is 30.6 Å². The second kappa shape index (κ2) is 11.9. The number of hydrogen-bond acceptors (Lipinski definition) is 8. The number of anilines is 1. The Labute approximate surface area is 238 Å². The number of ether oxygens (including phenoxy) is 1. The summed E-state index contributed by atoms with van der Waals surface area (Å²) in [5.74, 6) is -1.46. The van der Waals surface area contributed by atoms with E-state index >= 15 is 0 Å². The van der Waals surface area contributed by atoms with Crippen LogP contribution in [0.1, 0.15) is 61.1 Å². The van der Waals surface area contributed by atoms with Crippen LogP contribution in [0.3, 0.4) is 0 Å². The van der Waals surface area contributed by atoms with Crippen molar-refractivity contribution in [2.45, 2.75) is 63.1 Å². The average Bonchev–Trinajstić information content (AvgIpc) is 3.35. The Morgan fingerprint density at radius 1 is 1.10 bits per heavy atom. The summed E-state index contributed by atoms with van der Waals surface area (Å²) >= 11 is 0. The van der Waals surface area contributed by atoms with E-state index in [1.807, 2.05) is 12.1 Å². The van der Waals surface area contributed by atoms with E-state index in [0.717, 1.165) is 31.4 Å². The van der Waals surface area contributed by atoms with E-state index in [0.29, 0.717) is 42.5 Å². The number of imidazole rings is 1. The Morgan fingerprint density at radius 2 is 1.80 bits per heavy atom. The molecule has 1 aliphatic carbocycles. The number of pyridine rings is 1. The minimum absolute atomic E-state index is 0.000613. The first kappa shape index (κ1) is 28.1. The van der Waals surface area contributed by atoms with Gasteiger partial charge in [0.05, 0.1) is 18.1 Å². The largest absolute Gasteiger partial charge is 0.467 e. The number of aromatic nitrogens is 3. The van der Waals surface area contributed by atoms with Gasteiger partial charge in [0.2, 0.25) is 11.7 Å². The number of nitrogens with zero attached hydrogens (tertiary/aromatic N) is 4. The van der Waals surface area contributed by atoms with Gasteiger partial charge in [0.1, 0.15) is 17.9 Å². The quantitative estimate of drug-likeness (QED) is 0.184. The lowest BCUT2D eigenvalue weighted by atomic mass is 9.87. The number of benzene rings is 1. The lowest BCUT2D eigenvalue weighted by Gasteiger charge is -2.40. The van der Waals surface area contributed by atoms with Gasteiger partial charge in [0.25, 0.3) is 5.91 Å². The molecule has 2 aliphatic rings. The Bertz CT molecular complexity index is 1440. The molecule has 0 radical (unpaired) electrons. The van der Waals surface area contributed by atoms with Crippen LogP contribution in [0.2, 0.25) is 0 Å². The first-order valence-electron chi connectivity index (χ1n) is 14.0. The second-order valence-electron chi connectivity index (χ2n) is 10.8. The molecule has 0 bridgehead atoms. The number of nitrogen functional groups attached to an aromatic ring is 1. The first-order valence-corrected chi connectivity index (χ1v) is 14.0. The van der Waals surface area contributed by atoms with Crippen LogP contribution in [0.25, 0.3) is 11.0 Å². The molecule has 0 atom stereocenters. The molecule has 1 aliphatic heterocycles. The monoisotopic (exact) mass is 560 g/mol. The zero-order chi connectivity index (χ0) is 29.0. The smallest absolute Gasteiger partial charge is 0.331 e. The molecule has 41 heavy (non-hydrogen) atoms. The van der Waals surface area contributed by atoms with Gasteiger partial charge >= 0.3 is 5.97 Å². The molecule has 12 heteroatoms. The molecule has 2 fully saturated rings. The van der Waals surface area contributed by atoms with E-state index in [1.165, 1.54) is 13.5 Å². The number of esters is 1. The Morgan fingerprint density at radius 3 is 2.46 bits per heavy atom. The van der Waals surface area contributed by atoms with Gasteiger partial charge in [-0.2, -0.15) is 0 Å². The third-order valence-electron chi connectivity index (χ3n) is 8.11. The summed E-state index contributed by atoms with van der Waals surface area (Å²) in [6.07, 6.45) is 9.27. The highest BCUT2D eigenvalue weighted by atomic mass is 16.5. The summed E-state index contributed by atoms with van der Waals surface area (Å²) in [6, 6.07) is 8.90. The van der Waals surface area contributed by atoms with Crippen molar-refractivity contribution in [3.05, 3.63) is 54.1 Å². The molecule has 12 nitrogen and oxygen atoms in total. The van der Waals surface area contributed by atoms with Crippen molar-refractivity contribution < 1.29 is 19.1 Å². The third-order valence-corrected chi connectivity index (χ3v) is 8.11. The minimum Gasteiger partial charge on any atom is -0.467 e. The molecule has 3 aromatic rings. The van der Waals surface area contributed by atoms with Crippen molar-refractivity contribution in [3.8, 4) is 0 Å². The van der Waals surface area contributed by atoms with Gasteiger partial charge in [-0.3, -0.25) is 20.0 Å². The molecule has 2 aromatic heterocycles. The van der Waals surface area contributed by atoms with Gasteiger partial charge in [-0.25, -0.2) is 9.78 Å². The summed E-state index contributed by atoms with van der Waals surface area (Å²) in [6.45, 7) is 0.916. The maximum Gasteiger partial charge on any atom is 0.331 e. The molecule has 5 rings (SSSR count). The zero-order valence-corrected chi connectivity index (χ0v) is 23.2. The molecule has 1 aromatic carbocycles. The predicted molar refractivity (Wildman–Crippen MR) is 154 cm³/mol. The maximum absolute atomic E-state index is 13.8. The van der Waals surface area contributed by atoms with Gasteiger partial charge in [-0.1, -0.05) is 19.3 Å². The number of nitrogens with two attached hydrogens (primary N) is 1. The van der Waals surface area contributed by atoms with Crippen LogP contribution >= 0.6 is 0 Å². The average molecular weight is 561 g/mol. The fraction of sp³-hybridized carbons (Fsp3) is 0.448. The number of amides is 2. The minimum atomic E-state index is -1.26. The van der Waals surface area contributed by atoms with Gasteiger partial charge in [0.15, 0.2) is 0 Å². The highest BCUT2D eigenvalue weighted by Crippen LogP contribution is 2.28. The van der Waals surface area contributed by atoms with Crippen molar-refractivity contribution in [1.82, 2.24) is 25.2 Å². The van der Waals surface area contributed by atoms with E-state index < -0.39 is 17.4 Å². The van der Waals surface area contributed by atoms with E-state index in [1.54, 1.807) is 35.2 Å². The van der Waals surface area contributed by atoms with E-state index in [-0.39, 0.29) is 30.2 Å².